The van der Waals surface area contributed by atoms with Crippen molar-refractivity contribution >= 4 is 33.2 Å². The smallest absolute Gasteiger partial charge is 0.243 e. The summed E-state index contributed by atoms with van der Waals surface area (Å²) in [5.74, 6) is 5.29. The lowest BCUT2D eigenvalue weighted by molar-refractivity contribution is -0.145. The standard InChI is InChI=1S/C19H24N2O6S2/c1-4-5-10-26-13-6-8-15(9-7-13)29(24,25)21-12-14(11-16(20)22)27-19(2,3)17(21)18(23)28/h6-9,14,17H,10-12H2,1-3H3,(H2,20,22)(H,23,28)/t14-,17+/m0/s1. The van der Waals surface area contributed by atoms with Crippen molar-refractivity contribution in [2.75, 3.05) is 13.2 Å². The molecule has 1 aliphatic heterocycles. The Balaban J connectivity index is 2.38. The van der Waals surface area contributed by atoms with E-state index in [1.807, 2.05) is 0 Å². The molecular weight excluding hydrogens is 416 g/mol. The van der Waals surface area contributed by atoms with Crippen LogP contribution in [-0.4, -0.2) is 59.7 Å². The van der Waals surface area contributed by atoms with E-state index in [9.17, 15) is 18.3 Å². The molecule has 0 unspecified atom stereocenters. The molecule has 0 aromatic heterocycles. The van der Waals surface area contributed by atoms with Crippen LogP contribution in [-0.2, 0) is 19.6 Å². The molecule has 2 atom stereocenters. The van der Waals surface area contributed by atoms with Crippen LogP contribution < -0.4 is 10.5 Å². The van der Waals surface area contributed by atoms with Crippen LogP contribution in [0.15, 0.2) is 29.2 Å². The van der Waals surface area contributed by atoms with E-state index < -0.39 is 38.7 Å². The Morgan fingerprint density at radius 3 is 2.55 bits per heavy atom. The lowest BCUT2D eigenvalue weighted by Gasteiger charge is -2.47. The number of hydrogen-bond acceptors (Lipinski definition) is 6. The first-order valence-corrected chi connectivity index (χ1v) is 10.7. The molecule has 158 valence electrons. The zero-order valence-electron chi connectivity index (χ0n) is 16.4. The van der Waals surface area contributed by atoms with Crippen molar-refractivity contribution in [3.05, 3.63) is 24.3 Å². The Labute approximate surface area is 176 Å². The topological polar surface area (TPSA) is 119 Å². The second-order valence-corrected chi connectivity index (χ2v) is 9.32. The molecule has 1 aromatic rings. The molecule has 1 aliphatic rings. The fourth-order valence-corrected chi connectivity index (χ4v) is 5.43. The van der Waals surface area contributed by atoms with E-state index in [1.54, 1.807) is 20.8 Å². The van der Waals surface area contributed by atoms with E-state index in [0.29, 0.717) is 5.75 Å². The van der Waals surface area contributed by atoms with E-state index in [0.717, 1.165) is 4.31 Å². The van der Waals surface area contributed by atoms with Crippen LogP contribution >= 0.6 is 12.2 Å². The first-order chi connectivity index (χ1) is 13.5. The molecule has 0 radical (unpaired) electrons. The van der Waals surface area contributed by atoms with E-state index in [4.69, 9.17) is 27.4 Å². The number of sulfonamides is 1. The molecule has 2 rings (SSSR count). The summed E-state index contributed by atoms with van der Waals surface area (Å²) in [4.78, 5) is 11.3. The molecule has 0 saturated carbocycles. The highest BCUT2D eigenvalue weighted by Crippen LogP contribution is 2.34. The van der Waals surface area contributed by atoms with Gasteiger partial charge < -0.3 is 20.3 Å². The Bertz CT molecular complexity index is 932. The van der Waals surface area contributed by atoms with Crippen molar-refractivity contribution in [1.29, 1.82) is 0 Å². The molecular formula is C19H24N2O6S2. The zero-order valence-corrected chi connectivity index (χ0v) is 18.0. The number of nitrogens with zero attached hydrogens (tertiary/aromatic N) is 1. The molecule has 0 spiro atoms. The van der Waals surface area contributed by atoms with Crippen molar-refractivity contribution in [1.82, 2.24) is 4.31 Å². The highest BCUT2D eigenvalue weighted by atomic mass is 32.2. The number of morpholine rings is 1. The van der Waals surface area contributed by atoms with Crippen LogP contribution in [0, 0.1) is 11.8 Å². The van der Waals surface area contributed by atoms with Gasteiger partial charge in [0, 0.05) is 6.54 Å². The lowest BCUT2D eigenvalue weighted by atomic mass is 9.95. The van der Waals surface area contributed by atoms with Gasteiger partial charge in [-0.05, 0) is 57.3 Å². The summed E-state index contributed by atoms with van der Waals surface area (Å²) in [6.45, 7) is 4.90. The van der Waals surface area contributed by atoms with E-state index >= 15 is 0 Å². The number of primary amides is 1. The summed E-state index contributed by atoms with van der Waals surface area (Å²) < 4.78 is 38.9. The van der Waals surface area contributed by atoms with Crippen LogP contribution in [0.1, 0.15) is 27.2 Å². The van der Waals surface area contributed by atoms with E-state index in [-0.39, 0.29) is 24.5 Å². The van der Waals surface area contributed by atoms with E-state index in [1.165, 1.54) is 24.3 Å². The number of aliphatic hydroxyl groups is 1. The molecule has 8 nitrogen and oxygen atoms in total. The van der Waals surface area contributed by atoms with Gasteiger partial charge in [-0.25, -0.2) is 8.42 Å². The van der Waals surface area contributed by atoms with Crippen molar-refractivity contribution in [2.24, 2.45) is 5.73 Å². The number of carbonyl (C=O) groups is 1. The average Bonchev–Trinajstić information content (AvgIpc) is 2.60. The van der Waals surface area contributed by atoms with Crippen LogP contribution in [0.25, 0.3) is 0 Å². The molecule has 0 aliphatic carbocycles. The largest absolute Gasteiger partial charge is 0.501 e. The monoisotopic (exact) mass is 440 g/mol. The fourth-order valence-electron chi connectivity index (χ4n) is 3.21. The lowest BCUT2D eigenvalue weighted by Crippen LogP contribution is -2.64. The third kappa shape index (κ3) is 5.45. The predicted octanol–water partition coefficient (Wildman–Crippen LogP) is 1.39. The van der Waals surface area contributed by atoms with Crippen LogP contribution in [0.4, 0.5) is 0 Å². The Hall–Kier alpha value is -2.19. The quantitative estimate of drug-likeness (QED) is 0.486. The van der Waals surface area contributed by atoms with Gasteiger partial charge in [0.15, 0.2) is 5.05 Å². The van der Waals surface area contributed by atoms with Crippen molar-refractivity contribution in [3.8, 4) is 17.6 Å². The molecule has 1 fully saturated rings. The molecule has 29 heavy (non-hydrogen) atoms. The van der Waals surface area contributed by atoms with Crippen molar-refractivity contribution < 1.29 is 27.8 Å². The molecule has 1 aromatic carbocycles. The Morgan fingerprint density at radius 2 is 2.03 bits per heavy atom. The summed E-state index contributed by atoms with van der Waals surface area (Å²) in [5, 5.41) is 9.53. The van der Waals surface area contributed by atoms with Gasteiger partial charge in [-0.3, -0.25) is 4.79 Å². The third-order valence-corrected chi connectivity index (χ3v) is 6.45. The molecule has 10 heteroatoms. The normalized spacial score (nSPS) is 21.6. The van der Waals surface area contributed by atoms with Crippen molar-refractivity contribution in [2.45, 2.75) is 49.8 Å². The highest BCUT2D eigenvalue weighted by molar-refractivity contribution is 7.89. The summed E-state index contributed by atoms with van der Waals surface area (Å²) in [7, 11) is -4.07. The van der Waals surface area contributed by atoms with Crippen LogP contribution in [0.3, 0.4) is 0 Å². The number of ether oxygens (including phenoxy) is 2. The van der Waals surface area contributed by atoms with Crippen molar-refractivity contribution in [3.63, 3.8) is 0 Å². The first kappa shape index (κ1) is 23.1. The Kier molecular flexibility index (Phi) is 7.24. The molecule has 0 bridgehead atoms. The number of rotatable bonds is 7. The van der Waals surface area contributed by atoms with Gasteiger partial charge in [0.1, 0.15) is 18.4 Å². The summed E-state index contributed by atoms with van der Waals surface area (Å²) in [6.07, 6.45) is -0.927. The first-order valence-electron chi connectivity index (χ1n) is 8.82. The van der Waals surface area contributed by atoms with Gasteiger partial charge in [0.2, 0.25) is 15.9 Å². The summed E-state index contributed by atoms with van der Waals surface area (Å²) in [6, 6.07) is 4.72. The zero-order chi connectivity index (χ0) is 21.8. The summed E-state index contributed by atoms with van der Waals surface area (Å²) in [5.41, 5.74) is 4.09. The summed E-state index contributed by atoms with van der Waals surface area (Å²) >= 11 is 4.91. The minimum Gasteiger partial charge on any atom is -0.501 e. The number of hydrogen-bond donors (Lipinski definition) is 2. The minimum absolute atomic E-state index is 0.0109. The number of amides is 1. The highest BCUT2D eigenvalue weighted by Gasteiger charge is 2.50. The molecule has 1 saturated heterocycles. The van der Waals surface area contributed by atoms with Gasteiger partial charge in [-0.15, -0.1) is 5.92 Å². The van der Waals surface area contributed by atoms with Gasteiger partial charge in [0.25, 0.3) is 0 Å². The van der Waals surface area contributed by atoms with Gasteiger partial charge in [-0.2, -0.15) is 4.31 Å². The number of nitrogens with two attached hydrogens (primary N) is 1. The maximum atomic E-state index is 13.3. The SMILES string of the molecule is CC#CCOc1ccc(S(=O)(=O)N2C[C@H](CC(N)=O)OC(C)(C)[C@H]2C(O)=S)cc1. The molecule has 3 N–H and O–H groups in total. The average molecular weight is 441 g/mol. The minimum atomic E-state index is -4.07. The number of benzene rings is 1. The van der Waals surface area contributed by atoms with Crippen LogP contribution in [0.2, 0.25) is 0 Å². The van der Waals surface area contributed by atoms with Gasteiger partial charge >= 0.3 is 0 Å². The van der Waals surface area contributed by atoms with Crippen LogP contribution in [0.5, 0.6) is 5.75 Å². The third-order valence-electron chi connectivity index (χ3n) is 4.38. The van der Waals surface area contributed by atoms with Gasteiger partial charge in [-0.1, -0.05) is 5.92 Å². The second-order valence-electron chi connectivity index (χ2n) is 7.02. The number of aliphatic hydroxyl groups excluding tert-OH is 1. The fraction of sp³-hybridized carbons (Fsp3) is 0.474. The molecule has 1 amide bonds. The number of carbonyl (C=O) groups excluding carboxylic acids is 1. The maximum absolute atomic E-state index is 13.3. The number of thiocarbonyl (C=S) groups is 1. The van der Waals surface area contributed by atoms with Gasteiger partial charge in [0.05, 0.1) is 23.0 Å². The second kappa shape index (κ2) is 9.09. The molecule has 1 heterocycles. The Morgan fingerprint density at radius 1 is 1.41 bits per heavy atom. The maximum Gasteiger partial charge on any atom is 0.243 e. The van der Waals surface area contributed by atoms with E-state index in [2.05, 4.69) is 11.8 Å². The predicted molar refractivity (Wildman–Crippen MR) is 111 cm³/mol.